The van der Waals surface area contributed by atoms with Gasteiger partial charge in [-0.15, -0.1) is 0 Å². The van der Waals surface area contributed by atoms with Gasteiger partial charge in [0.05, 0.1) is 12.1 Å². The largest absolute Gasteiger partial charge is 0.387 e. The van der Waals surface area contributed by atoms with Crippen LogP contribution in [0.15, 0.2) is 24.3 Å². The second-order valence-electron chi connectivity index (χ2n) is 5.79. The molecule has 0 saturated carbocycles. The van der Waals surface area contributed by atoms with E-state index in [0.29, 0.717) is 0 Å². The van der Waals surface area contributed by atoms with E-state index >= 15 is 0 Å². The molecule has 2 unspecified atom stereocenters. The van der Waals surface area contributed by atoms with Gasteiger partial charge in [-0.1, -0.05) is 36.8 Å². The third kappa shape index (κ3) is 4.03. The molecule has 1 aromatic carbocycles. The Balaban J connectivity index is 1.95. The van der Waals surface area contributed by atoms with Gasteiger partial charge in [-0.25, -0.2) is 10.4 Å². The number of rotatable bonds is 5. The Morgan fingerprint density at radius 3 is 2.30 bits per heavy atom. The second-order valence-corrected chi connectivity index (χ2v) is 5.79. The molecule has 112 valence electrons. The van der Waals surface area contributed by atoms with Crippen molar-refractivity contribution in [3.05, 3.63) is 35.4 Å². The number of aryl methyl sites for hydroxylation is 1. The van der Waals surface area contributed by atoms with Gasteiger partial charge in [0.15, 0.2) is 0 Å². The lowest BCUT2D eigenvalue weighted by Gasteiger charge is -2.36. The summed E-state index contributed by atoms with van der Waals surface area (Å²) < 4.78 is 0. The number of aliphatic hydroxyl groups is 1. The molecule has 0 spiro atoms. The monoisotopic (exact) mass is 277 g/mol. The Morgan fingerprint density at radius 1 is 1.15 bits per heavy atom. The third-order valence-electron chi connectivity index (χ3n) is 4.09. The molecule has 0 aromatic heterocycles. The predicted octanol–water partition coefficient (Wildman–Crippen LogP) is 1.56. The summed E-state index contributed by atoms with van der Waals surface area (Å²) in [5, 5.41) is 12.8. The van der Waals surface area contributed by atoms with Gasteiger partial charge in [0.25, 0.3) is 0 Å². The average Bonchev–Trinajstić information content (AvgIpc) is 2.47. The Morgan fingerprint density at radius 2 is 1.75 bits per heavy atom. The van der Waals surface area contributed by atoms with Gasteiger partial charge in [0.2, 0.25) is 0 Å². The van der Waals surface area contributed by atoms with Gasteiger partial charge in [0, 0.05) is 26.2 Å². The Labute approximate surface area is 122 Å². The first-order valence-corrected chi connectivity index (χ1v) is 7.54. The lowest BCUT2D eigenvalue weighted by molar-refractivity contribution is 0.0364. The zero-order valence-corrected chi connectivity index (χ0v) is 12.8. The van der Waals surface area contributed by atoms with Crippen molar-refractivity contribution >= 4 is 0 Å². The van der Waals surface area contributed by atoms with E-state index in [1.807, 2.05) is 12.1 Å². The van der Waals surface area contributed by atoms with Crippen LogP contribution in [0.4, 0.5) is 0 Å². The summed E-state index contributed by atoms with van der Waals surface area (Å²) >= 11 is 0. The molecule has 1 saturated heterocycles. The highest BCUT2D eigenvalue weighted by Gasteiger charge is 2.23. The summed E-state index contributed by atoms with van der Waals surface area (Å²) in [6, 6.07) is 8.23. The van der Waals surface area contributed by atoms with Crippen molar-refractivity contribution in [2.24, 2.45) is 0 Å². The van der Waals surface area contributed by atoms with E-state index < -0.39 is 6.10 Å². The Hall–Kier alpha value is -0.940. The molecule has 0 amide bonds. The van der Waals surface area contributed by atoms with Gasteiger partial charge in [-0.3, -0.25) is 0 Å². The third-order valence-corrected chi connectivity index (χ3v) is 4.09. The molecule has 0 radical (unpaired) electrons. The van der Waals surface area contributed by atoms with Gasteiger partial charge in [-0.05, 0) is 26.0 Å². The first kappa shape index (κ1) is 15.4. The highest BCUT2D eigenvalue weighted by molar-refractivity contribution is 5.24. The summed E-state index contributed by atoms with van der Waals surface area (Å²) in [5.41, 5.74) is 5.71. The van der Waals surface area contributed by atoms with Crippen molar-refractivity contribution in [1.29, 1.82) is 0 Å². The summed E-state index contributed by atoms with van der Waals surface area (Å²) in [7, 11) is 2.15. The van der Waals surface area contributed by atoms with Crippen LogP contribution in [-0.2, 0) is 0 Å². The molecule has 4 heteroatoms. The van der Waals surface area contributed by atoms with Crippen LogP contribution in [0.1, 0.15) is 30.6 Å². The molecule has 0 aliphatic carbocycles. The van der Waals surface area contributed by atoms with Crippen LogP contribution in [0.3, 0.4) is 0 Å². The van der Waals surface area contributed by atoms with E-state index in [9.17, 15) is 5.11 Å². The number of nitrogens with one attached hydrogen (secondary N) is 1. The van der Waals surface area contributed by atoms with E-state index in [1.54, 1.807) is 0 Å². The van der Waals surface area contributed by atoms with Gasteiger partial charge in [0.1, 0.15) is 0 Å². The van der Waals surface area contributed by atoms with Crippen LogP contribution in [-0.4, -0.2) is 54.3 Å². The number of hydrogen-bond donors (Lipinski definition) is 2. The summed E-state index contributed by atoms with van der Waals surface area (Å²) in [5.74, 6) is 0. The smallest absolute Gasteiger partial charge is 0.0956 e. The molecule has 1 aromatic rings. The quantitative estimate of drug-likeness (QED) is 0.857. The first-order chi connectivity index (χ1) is 9.60. The fourth-order valence-electron chi connectivity index (χ4n) is 2.55. The minimum Gasteiger partial charge on any atom is -0.387 e. The maximum absolute atomic E-state index is 10.6. The van der Waals surface area contributed by atoms with E-state index in [0.717, 1.165) is 38.2 Å². The molecule has 1 aliphatic heterocycles. The van der Waals surface area contributed by atoms with Crippen LogP contribution >= 0.6 is 0 Å². The van der Waals surface area contributed by atoms with Crippen molar-refractivity contribution < 1.29 is 5.11 Å². The van der Waals surface area contributed by atoms with E-state index in [-0.39, 0.29) is 6.04 Å². The summed E-state index contributed by atoms with van der Waals surface area (Å²) in [6.45, 7) is 8.34. The van der Waals surface area contributed by atoms with Crippen LogP contribution in [0, 0.1) is 6.92 Å². The topological polar surface area (TPSA) is 38.7 Å². The molecule has 0 bridgehead atoms. The molecule has 20 heavy (non-hydrogen) atoms. The molecule has 4 nitrogen and oxygen atoms in total. The van der Waals surface area contributed by atoms with E-state index in [4.69, 9.17) is 0 Å². The number of aliphatic hydroxyl groups excluding tert-OH is 1. The van der Waals surface area contributed by atoms with E-state index in [2.05, 4.69) is 48.4 Å². The number of nitrogens with zero attached hydrogens (tertiary/aromatic N) is 2. The number of likely N-dealkylation sites (N-methyl/N-ethyl adjacent to an activating group) is 1. The van der Waals surface area contributed by atoms with Crippen molar-refractivity contribution in [2.45, 2.75) is 32.4 Å². The normalized spacial score (nSPS) is 20.8. The molecular formula is C16H27N3O. The highest BCUT2D eigenvalue weighted by atomic mass is 16.3. The highest BCUT2D eigenvalue weighted by Crippen LogP contribution is 2.20. The zero-order chi connectivity index (χ0) is 14.5. The van der Waals surface area contributed by atoms with Gasteiger partial charge >= 0.3 is 0 Å². The maximum atomic E-state index is 10.6. The molecule has 1 fully saturated rings. The van der Waals surface area contributed by atoms with Gasteiger partial charge < -0.3 is 10.0 Å². The fraction of sp³-hybridized carbons (Fsp3) is 0.625. The fourth-order valence-corrected chi connectivity index (χ4v) is 2.55. The lowest BCUT2D eigenvalue weighted by Crippen LogP contribution is -2.54. The number of hydrogen-bond acceptors (Lipinski definition) is 4. The summed E-state index contributed by atoms with van der Waals surface area (Å²) in [6.07, 6.45) is 0.446. The van der Waals surface area contributed by atoms with Crippen LogP contribution < -0.4 is 5.43 Å². The Kier molecular flexibility index (Phi) is 5.54. The van der Waals surface area contributed by atoms with Crippen molar-refractivity contribution in [1.82, 2.24) is 15.3 Å². The number of piperazine rings is 1. The lowest BCUT2D eigenvalue weighted by atomic mass is 10.00. The molecule has 2 rings (SSSR count). The van der Waals surface area contributed by atoms with Crippen molar-refractivity contribution in [2.75, 3.05) is 33.2 Å². The summed E-state index contributed by atoms with van der Waals surface area (Å²) in [4.78, 5) is 2.33. The predicted molar refractivity (Wildman–Crippen MR) is 82.4 cm³/mol. The van der Waals surface area contributed by atoms with Crippen LogP contribution in [0.2, 0.25) is 0 Å². The standard InChI is InChI=1S/C16H27N3O/c1-4-15(17-19-11-9-18(3)10-12-19)16(20)14-7-5-13(2)6-8-14/h5-8,15-17,20H,4,9-12H2,1-3H3. The van der Waals surface area contributed by atoms with Gasteiger partial charge in [-0.2, -0.15) is 0 Å². The number of benzene rings is 1. The molecule has 2 N–H and O–H groups in total. The van der Waals surface area contributed by atoms with Crippen molar-refractivity contribution in [3.8, 4) is 0 Å². The first-order valence-electron chi connectivity index (χ1n) is 7.54. The maximum Gasteiger partial charge on any atom is 0.0956 e. The SMILES string of the molecule is CCC(NN1CCN(C)CC1)C(O)c1ccc(C)cc1. The second kappa shape index (κ2) is 7.18. The van der Waals surface area contributed by atoms with Crippen LogP contribution in [0.5, 0.6) is 0 Å². The molecule has 1 heterocycles. The zero-order valence-electron chi connectivity index (χ0n) is 12.8. The number of hydrazine groups is 1. The van der Waals surface area contributed by atoms with Crippen LogP contribution in [0.25, 0.3) is 0 Å². The average molecular weight is 277 g/mol. The van der Waals surface area contributed by atoms with Crippen molar-refractivity contribution in [3.63, 3.8) is 0 Å². The Bertz CT molecular complexity index is 399. The minimum atomic E-state index is -0.458. The molecule has 2 atom stereocenters. The van der Waals surface area contributed by atoms with E-state index in [1.165, 1.54) is 5.56 Å². The minimum absolute atomic E-state index is 0.0705. The molecule has 1 aliphatic rings. The molecular weight excluding hydrogens is 250 g/mol.